The first-order valence-electron chi connectivity index (χ1n) is 17.3. The second-order valence-corrected chi connectivity index (χ2v) is 13.6. The third-order valence-corrected chi connectivity index (χ3v) is 9.56. The molecular formula is C37H47ClF3N7O. The Balaban J connectivity index is 1.39. The van der Waals surface area contributed by atoms with Gasteiger partial charge in [0.1, 0.15) is 11.5 Å². The fraction of sp³-hybridized carbons (Fsp3) is 0.486. The summed E-state index contributed by atoms with van der Waals surface area (Å²) in [6.07, 6.45) is 8.98. The number of nitrogens with one attached hydrogen (secondary N) is 1. The minimum Gasteiger partial charge on any atom is -0.388 e. The lowest BCUT2D eigenvalue weighted by molar-refractivity contribution is 0.174. The van der Waals surface area contributed by atoms with Gasteiger partial charge in [-0.15, -0.1) is 0 Å². The molecule has 1 saturated carbocycles. The van der Waals surface area contributed by atoms with E-state index < -0.39 is 24.0 Å². The number of nitrogens with zero attached hydrogens (tertiary/aromatic N) is 4. The van der Waals surface area contributed by atoms with Gasteiger partial charge in [-0.1, -0.05) is 31.0 Å². The van der Waals surface area contributed by atoms with Crippen molar-refractivity contribution in [3.05, 3.63) is 80.9 Å². The van der Waals surface area contributed by atoms with E-state index in [1.807, 2.05) is 6.92 Å². The predicted octanol–water partition coefficient (Wildman–Crippen LogP) is 7.64. The number of aromatic amines is 1. The number of hydrogen-bond donors (Lipinski definition) is 3. The maximum Gasteiger partial charge on any atom is 0.354 e. The first-order chi connectivity index (χ1) is 23.6. The summed E-state index contributed by atoms with van der Waals surface area (Å²) in [5.41, 5.74) is 14.0. The van der Waals surface area contributed by atoms with Crippen LogP contribution >= 0.6 is 11.6 Å². The van der Waals surface area contributed by atoms with E-state index in [0.29, 0.717) is 79.4 Å². The average molecular weight is 698 g/mol. The van der Waals surface area contributed by atoms with Crippen LogP contribution < -0.4 is 17.2 Å². The zero-order chi connectivity index (χ0) is 35.1. The molecule has 0 spiro atoms. The minimum atomic E-state index is -0.613. The number of nitrogens with two attached hydrogens (primary N) is 2. The van der Waals surface area contributed by atoms with E-state index in [4.69, 9.17) is 23.1 Å². The zero-order valence-electron chi connectivity index (χ0n) is 28.3. The van der Waals surface area contributed by atoms with Crippen molar-refractivity contribution in [1.29, 1.82) is 0 Å². The Hall–Kier alpha value is -3.67. The molecule has 5 N–H and O–H groups in total. The second-order valence-electron chi connectivity index (χ2n) is 13.2. The van der Waals surface area contributed by atoms with Crippen LogP contribution in [-0.4, -0.2) is 57.6 Å². The van der Waals surface area contributed by atoms with Gasteiger partial charge in [-0.2, -0.15) is 4.98 Å². The largest absolute Gasteiger partial charge is 0.388 e. The molecule has 8 nitrogen and oxygen atoms in total. The molecular weight excluding hydrogens is 651 g/mol. The van der Waals surface area contributed by atoms with Crippen molar-refractivity contribution in [3.8, 4) is 16.9 Å². The summed E-state index contributed by atoms with van der Waals surface area (Å²) in [6, 6.07) is 9.76. The monoisotopic (exact) mass is 697 g/mol. The summed E-state index contributed by atoms with van der Waals surface area (Å²) >= 11 is 6.31. The molecule has 0 radical (unpaired) electrons. The quantitative estimate of drug-likeness (QED) is 0.0561. The van der Waals surface area contributed by atoms with Crippen LogP contribution in [0.2, 0.25) is 5.02 Å². The fourth-order valence-electron chi connectivity index (χ4n) is 6.57. The van der Waals surface area contributed by atoms with Crippen molar-refractivity contribution in [2.45, 2.75) is 83.7 Å². The Kier molecular flexibility index (Phi) is 12.6. The lowest BCUT2D eigenvalue weighted by Crippen LogP contribution is -2.32. The molecule has 0 saturated heterocycles. The molecule has 1 aliphatic carbocycles. The molecule has 2 atom stereocenters. The van der Waals surface area contributed by atoms with Crippen LogP contribution in [0.4, 0.5) is 13.2 Å². The molecule has 2 heterocycles. The smallest absolute Gasteiger partial charge is 0.354 e. The van der Waals surface area contributed by atoms with Gasteiger partial charge in [-0.3, -0.25) is 18.8 Å². The van der Waals surface area contributed by atoms with Crippen LogP contribution in [-0.2, 0) is 6.42 Å². The molecule has 1 aliphatic rings. The Bertz CT molecular complexity index is 1820. The number of amidine groups is 1. The van der Waals surface area contributed by atoms with E-state index >= 15 is 8.78 Å². The number of fused-ring (bicyclic) bond motifs is 1. The Morgan fingerprint density at radius 3 is 2.61 bits per heavy atom. The van der Waals surface area contributed by atoms with E-state index in [9.17, 15) is 9.18 Å². The summed E-state index contributed by atoms with van der Waals surface area (Å²) in [6.45, 7) is 4.93. The van der Waals surface area contributed by atoms with Gasteiger partial charge in [0, 0.05) is 54.4 Å². The SMILES string of the molecule is CCCC(c1ccc(-n2cc3cc(-c4cc(CCCC(N)C5CC5)cc(Cl)c4F)[nH]c3nc2=O)cc1F)N(CCCF)CCCN=C(C)N. The van der Waals surface area contributed by atoms with Crippen molar-refractivity contribution in [2.75, 3.05) is 26.3 Å². The number of halogens is 4. The van der Waals surface area contributed by atoms with Crippen LogP contribution in [0, 0.1) is 17.6 Å². The van der Waals surface area contributed by atoms with Gasteiger partial charge in [0.05, 0.1) is 28.9 Å². The van der Waals surface area contributed by atoms with Gasteiger partial charge < -0.3 is 16.5 Å². The molecule has 12 heteroatoms. The number of benzene rings is 2. The Labute approximate surface area is 290 Å². The van der Waals surface area contributed by atoms with Crippen LogP contribution in [0.1, 0.15) is 82.4 Å². The molecule has 0 amide bonds. The first kappa shape index (κ1) is 36.6. The van der Waals surface area contributed by atoms with Gasteiger partial charge in [-0.05, 0) is 100 Å². The summed E-state index contributed by atoms with van der Waals surface area (Å²) in [4.78, 5) is 26.8. The highest BCUT2D eigenvalue weighted by Gasteiger charge is 2.28. The van der Waals surface area contributed by atoms with Crippen molar-refractivity contribution in [1.82, 2.24) is 19.4 Å². The number of aryl methyl sites for hydroxylation is 1. The van der Waals surface area contributed by atoms with E-state index in [0.717, 1.165) is 24.8 Å². The Morgan fingerprint density at radius 1 is 1.14 bits per heavy atom. The summed E-state index contributed by atoms with van der Waals surface area (Å²) in [5.74, 6) is 0.0922. The molecule has 1 fully saturated rings. The number of aromatic nitrogens is 3. The van der Waals surface area contributed by atoms with Crippen LogP contribution in [0.3, 0.4) is 0 Å². The molecule has 2 unspecified atom stereocenters. The predicted molar refractivity (Wildman–Crippen MR) is 192 cm³/mol. The van der Waals surface area contributed by atoms with Crippen LogP contribution in [0.25, 0.3) is 28.0 Å². The zero-order valence-corrected chi connectivity index (χ0v) is 29.1. The molecule has 264 valence electrons. The molecule has 4 aromatic rings. The number of rotatable bonds is 18. The minimum absolute atomic E-state index is 0.0181. The van der Waals surface area contributed by atoms with Crippen LogP contribution in [0.15, 0.2) is 52.4 Å². The molecule has 49 heavy (non-hydrogen) atoms. The Morgan fingerprint density at radius 2 is 1.92 bits per heavy atom. The third kappa shape index (κ3) is 9.32. The average Bonchev–Trinajstić information content (AvgIpc) is 3.84. The highest BCUT2D eigenvalue weighted by Crippen LogP contribution is 2.35. The summed E-state index contributed by atoms with van der Waals surface area (Å²) < 4.78 is 45.7. The van der Waals surface area contributed by atoms with Crippen molar-refractivity contribution < 1.29 is 13.2 Å². The molecule has 0 bridgehead atoms. The lowest BCUT2D eigenvalue weighted by atomic mass is 9.98. The molecule has 2 aromatic carbocycles. The van der Waals surface area contributed by atoms with Gasteiger partial charge in [0.2, 0.25) is 0 Å². The maximum atomic E-state index is 15.9. The van der Waals surface area contributed by atoms with E-state index in [1.54, 1.807) is 43.5 Å². The van der Waals surface area contributed by atoms with Gasteiger partial charge in [-0.25, -0.2) is 13.6 Å². The number of H-pyrrole nitrogens is 1. The van der Waals surface area contributed by atoms with Gasteiger partial charge in [0.25, 0.3) is 0 Å². The third-order valence-electron chi connectivity index (χ3n) is 9.28. The summed E-state index contributed by atoms with van der Waals surface area (Å²) in [5, 5.41) is 0.566. The van der Waals surface area contributed by atoms with E-state index in [-0.39, 0.29) is 28.3 Å². The molecule has 5 rings (SSSR count). The topological polar surface area (TPSA) is 118 Å². The van der Waals surface area contributed by atoms with E-state index in [1.165, 1.54) is 23.5 Å². The fourth-order valence-corrected chi connectivity index (χ4v) is 6.81. The van der Waals surface area contributed by atoms with Gasteiger partial charge >= 0.3 is 5.69 Å². The molecule has 0 aliphatic heterocycles. The molecule has 2 aromatic heterocycles. The van der Waals surface area contributed by atoms with Crippen LogP contribution in [0.5, 0.6) is 0 Å². The summed E-state index contributed by atoms with van der Waals surface area (Å²) in [7, 11) is 0. The van der Waals surface area contributed by atoms with Crippen molar-refractivity contribution >= 4 is 28.5 Å². The first-order valence-corrected chi connectivity index (χ1v) is 17.7. The maximum absolute atomic E-state index is 15.9. The standard InChI is InChI=1S/C37H47ClF3N7O/c1-3-7-34(47(16-5-14-39)17-6-15-44-23(2)42)28-13-12-27(21-31(28)40)48-22-26-20-33(45-36(26)46-37(48)49)29-18-24(19-30(38)35(29)41)8-4-9-32(43)25-10-11-25/h12-13,18-22,25,32,34H,3-11,14-17,43H2,1-2H3,(H2,42,44)(H,45,46,49). The highest BCUT2D eigenvalue weighted by atomic mass is 35.5. The van der Waals surface area contributed by atoms with Gasteiger partial charge in [0.15, 0.2) is 5.82 Å². The normalized spacial score (nSPS) is 15.0. The van der Waals surface area contributed by atoms with E-state index in [2.05, 4.69) is 19.9 Å². The van der Waals surface area contributed by atoms with Crippen molar-refractivity contribution in [2.24, 2.45) is 22.4 Å². The lowest BCUT2D eigenvalue weighted by Gasteiger charge is -2.32. The number of hydrogen-bond acceptors (Lipinski definition) is 5. The van der Waals surface area contributed by atoms with Crippen molar-refractivity contribution in [3.63, 3.8) is 0 Å². The highest BCUT2D eigenvalue weighted by molar-refractivity contribution is 6.31. The number of aliphatic imine (C=N–C) groups is 1. The number of alkyl halides is 1. The second kappa shape index (κ2) is 16.8.